The van der Waals surface area contributed by atoms with E-state index >= 15 is 0 Å². The minimum atomic E-state index is -3.29. The molecule has 1 heterocycles. The number of rotatable bonds is 4. The van der Waals surface area contributed by atoms with Crippen LogP contribution in [0.1, 0.15) is 15.9 Å². The van der Waals surface area contributed by atoms with Crippen molar-refractivity contribution in [2.24, 2.45) is 0 Å². The van der Waals surface area contributed by atoms with Gasteiger partial charge in [0.15, 0.2) is 9.84 Å². The summed E-state index contributed by atoms with van der Waals surface area (Å²) in [5.74, 6) is -0.401. The Morgan fingerprint density at radius 2 is 1.84 bits per heavy atom. The molecule has 6 nitrogen and oxygen atoms in total. The number of carbonyl (C=O) groups is 1. The molecule has 0 aliphatic heterocycles. The van der Waals surface area contributed by atoms with Crippen LogP contribution in [0.25, 0.3) is 10.2 Å². The molecule has 0 saturated heterocycles. The fourth-order valence-corrected chi connectivity index (χ4v) is 3.99. The molecule has 0 atom stereocenters. The van der Waals surface area contributed by atoms with E-state index < -0.39 is 15.7 Å². The maximum Gasteiger partial charge on any atom is 0.269 e. The lowest BCUT2D eigenvalue weighted by Gasteiger charge is -2.06. The normalized spacial score (nSPS) is 11.5. The first kappa shape index (κ1) is 17.7. The van der Waals surface area contributed by atoms with Crippen molar-refractivity contribution in [1.82, 2.24) is 10.4 Å². The van der Waals surface area contributed by atoms with Crippen LogP contribution in [0.15, 0.2) is 41.3 Å². The molecule has 0 spiro atoms. The summed E-state index contributed by atoms with van der Waals surface area (Å²) in [6.07, 6.45) is 1.11. The van der Waals surface area contributed by atoms with E-state index in [9.17, 15) is 13.2 Å². The molecule has 9 heteroatoms. The van der Waals surface area contributed by atoms with Crippen LogP contribution in [0, 0.1) is 6.92 Å². The van der Waals surface area contributed by atoms with Gasteiger partial charge < -0.3 is 0 Å². The second-order valence-corrected chi connectivity index (χ2v) is 8.86. The first-order chi connectivity index (χ1) is 11.8. The Labute approximate surface area is 153 Å². The number of hydrogen-bond donors (Lipinski definition) is 2. The van der Waals surface area contributed by atoms with Gasteiger partial charge in [-0.1, -0.05) is 29.0 Å². The zero-order valence-electron chi connectivity index (χ0n) is 13.3. The second-order valence-electron chi connectivity index (χ2n) is 5.44. The summed E-state index contributed by atoms with van der Waals surface area (Å²) in [5.41, 5.74) is 7.41. The maximum atomic E-state index is 12.2. The highest BCUT2D eigenvalue weighted by molar-refractivity contribution is 7.90. The molecule has 0 bridgehead atoms. The Kier molecular flexibility index (Phi) is 4.68. The highest BCUT2D eigenvalue weighted by Gasteiger charge is 2.12. The van der Waals surface area contributed by atoms with Gasteiger partial charge in [-0.3, -0.25) is 15.6 Å². The third-order valence-corrected chi connectivity index (χ3v) is 6.08. The Morgan fingerprint density at radius 1 is 1.16 bits per heavy atom. The van der Waals surface area contributed by atoms with E-state index in [-0.39, 0.29) is 4.90 Å². The summed E-state index contributed by atoms with van der Waals surface area (Å²) >= 11 is 7.49. The van der Waals surface area contributed by atoms with E-state index in [1.165, 1.54) is 35.6 Å². The number of aromatic nitrogens is 1. The topological polar surface area (TPSA) is 88.2 Å². The maximum absolute atomic E-state index is 12.2. The van der Waals surface area contributed by atoms with Gasteiger partial charge in [-0.05, 0) is 42.8 Å². The number of thiazole rings is 1. The Hall–Kier alpha value is -2.16. The molecule has 0 saturated carbocycles. The lowest BCUT2D eigenvalue weighted by Crippen LogP contribution is -2.29. The van der Waals surface area contributed by atoms with Crippen LogP contribution in [0.5, 0.6) is 0 Å². The highest BCUT2D eigenvalue weighted by Crippen LogP contribution is 2.33. The molecule has 1 aromatic heterocycles. The van der Waals surface area contributed by atoms with Crippen LogP contribution in [-0.2, 0) is 9.84 Å². The number of carbonyl (C=O) groups excluding carboxylic acids is 1. The fourth-order valence-electron chi connectivity index (χ4n) is 2.19. The van der Waals surface area contributed by atoms with Crippen molar-refractivity contribution in [1.29, 1.82) is 0 Å². The van der Waals surface area contributed by atoms with E-state index in [4.69, 9.17) is 11.6 Å². The number of nitrogens with one attached hydrogen (secondary N) is 2. The molecule has 130 valence electrons. The molecule has 3 rings (SSSR count). The predicted molar refractivity (Wildman–Crippen MR) is 100 cm³/mol. The standard InChI is InChI=1S/C16H14ClN3O3S2/c1-9-3-8-12(17)14-13(9)18-16(24-14)20-19-15(21)10-4-6-11(7-5-10)25(2,22)23/h3-8H,1-2H3,(H,18,20)(H,19,21). The van der Waals surface area contributed by atoms with E-state index in [1.54, 1.807) is 0 Å². The number of amides is 1. The van der Waals surface area contributed by atoms with Crippen molar-refractivity contribution in [3.05, 3.63) is 52.5 Å². The minimum Gasteiger partial charge on any atom is -0.273 e. The summed E-state index contributed by atoms with van der Waals surface area (Å²) in [6, 6.07) is 9.38. The van der Waals surface area contributed by atoms with Crippen molar-refractivity contribution in [3.8, 4) is 0 Å². The van der Waals surface area contributed by atoms with Gasteiger partial charge >= 0.3 is 0 Å². The number of anilines is 1. The molecule has 25 heavy (non-hydrogen) atoms. The number of benzene rings is 2. The average molecular weight is 396 g/mol. The molecule has 0 fully saturated rings. The number of hydrazine groups is 1. The highest BCUT2D eigenvalue weighted by atomic mass is 35.5. The van der Waals surface area contributed by atoms with E-state index in [0.29, 0.717) is 15.7 Å². The molecular formula is C16H14ClN3O3S2. The molecule has 1 amide bonds. The second kappa shape index (κ2) is 6.62. The fraction of sp³-hybridized carbons (Fsp3) is 0.125. The number of nitrogens with zero attached hydrogens (tertiary/aromatic N) is 1. The van der Waals surface area contributed by atoms with Crippen LogP contribution in [0.2, 0.25) is 5.02 Å². The SMILES string of the molecule is Cc1ccc(Cl)c2sc(NNC(=O)c3ccc(S(C)(=O)=O)cc3)nc12. The summed E-state index contributed by atoms with van der Waals surface area (Å²) in [6.45, 7) is 1.93. The van der Waals surface area contributed by atoms with Gasteiger partial charge in [0.25, 0.3) is 5.91 Å². The zero-order chi connectivity index (χ0) is 18.2. The Morgan fingerprint density at radius 3 is 2.44 bits per heavy atom. The van der Waals surface area contributed by atoms with Gasteiger partial charge in [0.2, 0.25) is 5.13 Å². The van der Waals surface area contributed by atoms with E-state index in [1.807, 2.05) is 19.1 Å². The van der Waals surface area contributed by atoms with Crippen LogP contribution in [0.4, 0.5) is 5.13 Å². The van der Waals surface area contributed by atoms with Crippen molar-refractivity contribution < 1.29 is 13.2 Å². The predicted octanol–water partition coefficient (Wildman–Crippen LogP) is 3.42. The van der Waals surface area contributed by atoms with E-state index in [2.05, 4.69) is 15.8 Å². The minimum absolute atomic E-state index is 0.160. The number of hydrogen-bond acceptors (Lipinski definition) is 6. The van der Waals surface area contributed by atoms with Crippen LogP contribution in [0.3, 0.4) is 0 Å². The third kappa shape index (κ3) is 3.76. The monoisotopic (exact) mass is 395 g/mol. The molecule has 0 unspecified atom stereocenters. The van der Waals surface area contributed by atoms with Crippen LogP contribution in [-0.4, -0.2) is 25.6 Å². The number of sulfone groups is 1. The van der Waals surface area contributed by atoms with Crippen molar-refractivity contribution in [2.45, 2.75) is 11.8 Å². The van der Waals surface area contributed by atoms with Crippen LogP contribution >= 0.6 is 22.9 Å². The third-order valence-electron chi connectivity index (χ3n) is 3.52. The quantitative estimate of drug-likeness (QED) is 0.661. The summed E-state index contributed by atoms with van der Waals surface area (Å²) in [4.78, 5) is 16.7. The largest absolute Gasteiger partial charge is 0.273 e. The van der Waals surface area contributed by atoms with Gasteiger partial charge in [0.1, 0.15) is 0 Å². The average Bonchev–Trinajstić information content (AvgIpc) is 3.01. The van der Waals surface area contributed by atoms with Crippen molar-refractivity contribution in [2.75, 3.05) is 11.7 Å². The lowest BCUT2D eigenvalue weighted by molar-refractivity contribution is 0.0962. The zero-order valence-corrected chi connectivity index (χ0v) is 15.7. The Bertz CT molecular complexity index is 1020. The number of aryl methyl sites for hydroxylation is 1. The Balaban J connectivity index is 1.74. The van der Waals surface area contributed by atoms with Crippen molar-refractivity contribution >= 4 is 54.0 Å². The summed E-state index contributed by atoms with van der Waals surface area (Å²) < 4.78 is 23.7. The van der Waals surface area contributed by atoms with Gasteiger partial charge in [-0.25, -0.2) is 13.4 Å². The number of halogens is 1. The molecule has 2 N–H and O–H groups in total. The van der Waals surface area contributed by atoms with Crippen molar-refractivity contribution in [3.63, 3.8) is 0 Å². The van der Waals surface area contributed by atoms with Gasteiger partial charge in [0.05, 0.1) is 20.1 Å². The first-order valence-corrected chi connectivity index (χ1v) is 10.3. The van der Waals surface area contributed by atoms with Gasteiger partial charge in [-0.15, -0.1) is 0 Å². The van der Waals surface area contributed by atoms with E-state index in [0.717, 1.165) is 22.0 Å². The molecule has 0 radical (unpaired) electrons. The first-order valence-electron chi connectivity index (χ1n) is 7.18. The van der Waals surface area contributed by atoms with Crippen LogP contribution < -0.4 is 10.9 Å². The summed E-state index contributed by atoms with van der Waals surface area (Å²) in [7, 11) is -3.29. The molecular weight excluding hydrogens is 382 g/mol. The van der Waals surface area contributed by atoms with Gasteiger partial charge in [-0.2, -0.15) is 0 Å². The molecule has 0 aliphatic carbocycles. The molecule has 0 aliphatic rings. The van der Waals surface area contributed by atoms with Gasteiger partial charge in [0, 0.05) is 11.8 Å². The lowest BCUT2D eigenvalue weighted by atomic mass is 10.2. The molecule has 2 aromatic carbocycles. The smallest absolute Gasteiger partial charge is 0.269 e. The summed E-state index contributed by atoms with van der Waals surface area (Å²) in [5, 5.41) is 1.11. The number of fused-ring (bicyclic) bond motifs is 1. The molecule has 3 aromatic rings.